The Kier molecular flexibility index (Phi) is 8.07. The highest BCUT2D eigenvalue weighted by molar-refractivity contribution is 5.75. The lowest BCUT2D eigenvalue weighted by atomic mass is 9.81. The lowest BCUT2D eigenvalue weighted by Crippen LogP contribution is -2.35. The van der Waals surface area contributed by atoms with E-state index in [4.69, 9.17) is 6.42 Å². The van der Waals surface area contributed by atoms with Gasteiger partial charge in [0.2, 0.25) is 0 Å². The molecule has 0 radical (unpaired) electrons. The van der Waals surface area contributed by atoms with Crippen LogP contribution in [-0.4, -0.2) is 6.04 Å². The van der Waals surface area contributed by atoms with E-state index in [2.05, 4.69) is 101 Å². The third-order valence-electron chi connectivity index (χ3n) is 5.21. The average molecular weight is 396 g/mol. The van der Waals surface area contributed by atoms with Crippen molar-refractivity contribution < 1.29 is 0 Å². The van der Waals surface area contributed by atoms with E-state index in [-0.39, 0.29) is 12.0 Å². The van der Waals surface area contributed by atoms with E-state index in [0.29, 0.717) is 0 Å². The Morgan fingerprint density at radius 3 is 2.33 bits per heavy atom. The molecule has 0 saturated heterocycles. The molecule has 0 fully saturated rings. The summed E-state index contributed by atoms with van der Waals surface area (Å²) in [4.78, 5) is 0. The molecule has 1 unspecified atom stereocenters. The van der Waals surface area contributed by atoms with E-state index < -0.39 is 0 Å². The molecule has 154 valence electrons. The van der Waals surface area contributed by atoms with Gasteiger partial charge in [-0.05, 0) is 69.0 Å². The molecule has 2 aromatic rings. The fraction of sp³-hybridized carbons (Fsp3) is 0.241. The van der Waals surface area contributed by atoms with Crippen LogP contribution < -0.4 is 5.32 Å². The van der Waals surface area contributed by atoms with E-state index in [0.717, 1.165) is 28.0 Å². The van der Waals surface area contributed by atoms with Crippen LogP contribution in [0.15, 0.2) is 90.7 Å². The average Bonchev–Trinajstić information content (AvgIpc) is 2.71. The number of allylic oxidation sites excluding steroid dienone is 4. The Hall–Kier alpha value is -3.24. The number of terminal acetylenes is 1. The fourth-order valence-corrected chi connectivity index (χ4v) is 3.81. The molecule has 0 amide bonds. The van der Waals surface area contributed by atoms with Crippen molar-refractivity contribution in [3.05, 3.63) is 113 Å². The molecule has 0 bridgehead atoms. The summed E-state index contributed by atoms with van der Waals surface area (Å²) in [6, 6.07) is 16.8. The van der Waals surface area contributed by atoms with E-state index in [9.17, 15) is 0 Å². The van der Waals surface area contributed by atoms with E-state index in [1.54, 1.807) is 0 Å². The first-order chi connectivity index (χ1) is 14.3. The summed E-state index contributed by atoms with van der Waals surface area (Å²) in [7, 11) is 0. The second kappa shape index (κ2) is 10.5. The van der Waals surface area contributed by atoms with Gasteiger partial charge in [0.25, 0.3) is 0 Å². The highest BCUT2D eigenvalue weighted by Crippen LogP contribution is 2.32. The Balaban J connectivity index is 2.53. The van der Waals surface area contributed by atoms with Gasteiger partial charge in [-0.2, -0.15) is 0 Å². The van der Waals surface area contributed by atoms with Gasteiger partial charge in [0, 0.05) is 17.2 Å². The highest BCUT2D eigenvalue weighted by Gasteiger charge is 2.25. The first-order valence-corrected chi connectivity index (χ1v) is 10.3. The molecule has 0 saturated carbocycles. The molecule has 1 heteroatoms. The predicted molar refractivity (Wildman–Crippen MR) is 132 cm³/mol. The molecule has 0 aliphatic rings. The molecular weight excluding hydrogens is 362 g/mol. The number of benzene rings is 2. The third-order valence-corrected chi connectivity index (χ3v) is 5.21. The Morgan fingerprint density at radius 2 is 1.77 bits per heavy atom. The predicted octanol–water partition coefficient (Wildman–Crippen LogP) is 7.18. The largest absolute Gasteiger partial charge is 0.382 e. The molecule has 0 heterocycles. The van der Waals surface area contributed by atoms with Crippen LogP contribution in [0, 0.1) is 19.3 Å². The fourth-order valence-electron chi connectivity index (χ4n) is 3.81. The SMILES string of the molecule is C#Cc1cccc(C(=C/C)/C=C(\C)C(NC(=C)C)[C@H](C(=C)C)c2cccc(C)c2)c1. The van der Waals surface area contributed by atoms with Crippen molar-refractivity contribution in [3.63, 3.8) is 0 Å². The molecule has 30 heavy (non-hydrogen) atoms. The summed E-state index contributed by atoms with van der Waals surface area (Å²) >= 11 is 0. The smallest absolute Gasteiger partial charge is 0.0576 e. The topological polar surface area (TPSA) is 12.0 Å². The minimum atomic E-state index is 0.0487. The molecule has 2 rings (SSSR count). The summed E-state index contributed by atoms with van der Waals surface area (Å²) in [5.74, 6) is 2.86. The van der Waals surface area contributed by atoms with Crippen LogP contribution in [0.2, 0.25) is 0 Å². The van der Waals surface area contributed by atoms with Crippen LogP contribution in [-0.2, 0) is 0 Å². The zero-order valence-electron chi connectivity index (χ0n) is 18.9. The molecule has 0 spiro atoms. The Labute approximate surface area is 182 Å². The molecule has 0 aromatic heterocycles. The van der Waals surface area contributed by atoms with Gasteiger partial charge in [-0.15, -0.1) is 6.42 Å². The molecule has 0 aliphatic carbocycles. The molecular formula is C29H33N. The van der Waals surface area contributed by atoms with Gasteiger partial charge < -0.3 is 5.32 Å². The number of nitrogens with one attached hydrogen (secondary N) is 1. The van der Waals surface area contributed by atoms with E-state index >= 15 is 0 Å². The maximum Gasteiger partial charge on any atom is 0.0576 e. The summed E-state index contributed by atoms with van der Waals surface area (Å²) in [5, 5.41) is 3.60. The number of hydrogen-bond donors (Lipinski definition) is 1. The summed E-state index contributed by atoms with van der Waals surface area (Å²) in [6.07, 6.45) is 9.96. The van der Waals surface area contributed by atoms with E-state index in [1.807, 2.05) is 19.1 Å². The zero-order chi connectivity index (χ0) is 22.3. The maximum atomic E-state index is 5.60. The monoisotopic (exact) mass is 395 g/mol. The third kappa shape index (κ3) is 5.88. The van der Waals surface area contributed by atoms with Crippen molar-refractivity contribution in [3.8, 4) is 12.3 Å². The van der Waals surface area contributed by atoms with Gasteiger partial charge in [-0.3, -0.25) is 0 Å². The van der Waals surface area contributed by atoms with E-state index in [1.165, 1.54) is 16.7 Å². The molecule has 1 nitrogen and oxygen atoms in total. The molecule has 2 atom stereocenters. The first kappa shape index (κ1) is 23.0. The zero-order valence-corrected chi connectivity index (χ0v) is 18.9. The molecule has 1 N–H and O–H groups in total. The van der Waals surface area contributed by atoms with Gasteiger partial charge in [-0.1, -0.05) is 78.8 Å². The van der Waals surface area contributed by atoms with Crippen LogP contribution in [0.1, 0.15) is 55.9 Å². The number of rotatable bonds is 8. The normalized spacial score (nSPS) is 13.9. The van der Waals surface area contributed by atoms with Crippen molar-refractivity contribution >= 4 is 5.57 Å². The van der Waals surface area contributed by atoms with Gasteiger partial charge in [0.05, 0.1) is 6.04 Å². The van der Waals surface area contributed by atoms with Crippen molar-refractivity contribution in [1.82, 2.24) is 5.32 Å². The van der Waals surface area contributed by atoms with Crippen LogP contribution in [0.25, 0.3) is 5.57 Å². The molecule has 2 aromatic carbocycles. The van der Waals surface area contributed by atoms with Gasteiger partial charge in [0.15, 0.2) is 0 Å². The van der Waals surface area contributed by atoms with Crippen LogP contribution in [0.3, 0.4) is 0 Å². The lowest BCUT2D eigenvalue weighted by Gasteiger charge is -2.31. The molecule has 0 aliphatic heterocycles. The Bertz CT molecular complexity index is 1030. The minimum absolute atomic E-state index is 0.0487. The quantitative estimate of drug-likeness (QED) is 0.284. The maximum absolute atomic E-state index is 5.60. The van der Waals surface area contributed by atoms with Crippen LogP contribution >= 0.6 is 0 Å². The summed E-state index contributed by atoms with van der Waals surface area (Å²) in [5.41, 5.74) is 8.90. The highest BCUT2D eigenvalue weighted by atomic mass is 14.9. The van der Waals surface area contributed by atoms with Gasteiger partial charge in [-0.25, -0.2) is 0 Å². The van der Waals surface area contributed by atoms with Crippen molar-refractivity contribution in [2.75, 3.05) is 0 Å². The number of aryl methyl sites for hydroxylation is 1. The lowest BCUT2D eigenvalue weighted by molar-refractivity contribution is 0.566. The van der Waals surface area contributed by atoms with Crippen molar-refractivity contribution in [2.45, 2.75) is 46.6 Å². The number of hydrogen-bond acceptors (Lipinski definition) is 1. The second-order valence-electron chi connectivity index (χ2n) is 8.00. The summed E-state index contributed by atoms with van der Waals surface area (Å²) < 4.78 is 0. The second-order valence-corrected chi connectivity index (χ2v) is 8.00. The van der Waals surface area contributed by atoms with Crippen LogP contribution in [0.5, 0.6) is 0 Å². The summed E-state index contributed by atoms with van der Waals surface area (Å²) in [6.45, 7) is 18.9. The standard InChI is InChI=1S/C29H33N/c1-9-24-14-12-15-26(19-24)25(10-2)18-23(8)29(30-21(5)6)28(20(3)4)27-16-11-13-22(7)17-27/h1,10-19,28-30H,3,5H2,2,4,6-8H3/b23-18+,25-10+/t28-,29?/m1/s1. The first-order valence-electron chi connectivity index (χ1n) is 10.3. The van der Waals surface area contributed by atoms with Crippen LogP contribution in [0.4, 0.5) is 0 Å². The Morgan fingerprint density at radius 1 is 1.07 bits per heavy atom. The van der Waals surface area contributed by atoms with Crippen molar-refractivity contribution in [2.24, 2.45) is 0 Å². The van der Waals surface area contributed by atoms with Gasteiger partial charge >= 0.3 is 0 Å². The van der Waals surface area contributed by atoms with Gasteiger partial charge in [0.1, 0.15) is 0 Å². The van der Waals surface area contributed by atoms with Crippen molar-refractivity contribution in [1.29, 1.82) is 0 Å². The minimum Gasteiger partial charge on any atom is -0.382 e.